The molecule has 0 saturated heterocycles. The number of aldehydes is 1. The van der Waals surface area contributed by atoms with Gasteiger partial charge in [-0.3, -0.25) is 0 Å². The average Bonchev–Trinajstić information content (AvgIpc) is 3.48. The lowest BCUT2D eigenvalue weighted by Crippen LogP contribution is -2.10. The molecular formula is C38H37Cl2N3O2. The van der Waals surface area contributed by atoms with Crippen LogP contribution in [0.25, 0.3) is 28.1 Å². The summed E-state index contributed by atoms with van der Waals surface area (Å²) in [7, 11) is 0. The van der Waals surface area contributed by atoms with Gasteiger partial charge in [0.1, 0.15) is 17.9 Å². The first-order valence-corrected chi connectivity index (χ1v) is 16.4. The predicted octanol–water partition coefficient (Wildman–Crippen LogP) is 10.1. The SMILES string of the molecule is O=CCNc1ccc(-n2cc(-c3ccc(Cl)cc3Cl)nc2Cc2ccc(-c3ccc(OCCC4CCCCC4)cc3)cc2)cc1. The molecule has 4 aromatic carbocycles. The molecule has 0 amide bonds. The second-order valence-electron chi connectivity index (χ2n) is 11.7. The lowest BCUT2D eigenvalue weighted by atomic mass is 9.87. The molecule has 1 N–H and O–H groups in total. The van der Waals surface area contributed by atoms with Crippen LogP contribution in [0.2, 0.25) is 10.0 Å². The largest absolute Gasteiger partial charge is 0.494 e. The molecular weight excluding hydrogens is 601 g/mol. The standard InChI is InChI=1S/C38H37Cl2N3O2/c39-31-12-19-35(36(40)25-31)37-26-43(33-15-13-32(14-16-33)41-21-22-44)38(42-37)24-28-6-8-29(9-7-28)30-10-17-34(18-11-30)45-23-20-27-4-2-1-3-5-27/h6-19,22,25-27,41H,1-5,20-21,23-24H2. The summed E-state index contributed by atoms with van der Waals surface area (Å²) < 4.78 is 8.15. The smallest absolute Gasteiger partial charge is 0.139 e. The molecule has 0 bridgehead atoms. The summed E-state index contributed by atoms with van der Waals surface area (Å²) in [5.41, 5.74) is 6.89. The predicted molar refractivity (Wildman–Crippen MR) is 185 cm³/mol. The Kier molecular flexibility index (Phi) is 10.2. The Hall–Kier alpha value is -4.06. The zero-order valence-electron chi connectivity index (χ0n) is 25.2. The zero-order valence-corrected chi connectivity index (χ0v) is 26.7. The van der Waals surface area contributed by atoms with Crippen LogP contribution in [0.3, 0.4) is 0 Å². The van der Waals surface area contributed by atoms with Gasteiger partial charge in [0.2, 0.25) is 0 Å². The zero-order chi connectivity index (χ0) is 31.0. The molecule has 1 heterocycles. The van der Waals surface area contributed by atoms with Crippen molar-refractivity contribution in [2.24, 2.45) is 5.92 Å². The van der Waals surface area contributed by atoms with Crippen molar-refractivity contribution in [3.63, 3.8) is 0 Å². The van der Waals surface area contributed by atoms with Crippen molar-refractivity contribution >= 4 is 35.2 Å². The molecule has 230 valence electrons. The highest BCUT2D eigenvalue weighted by molar-refractivity contribution is 6.36. The molecule has 1 aliphatic carbocycles. The molecule has 0 radical (unpaired) electrons. The monoisotopic (exact) mass is 637 g/mol. The number of aromatic nitrogens is 2. The fraction of sp³-hybridized carbons (Fsp3) is 0.263. The second-order valence-corrected chi connectivity index (χ2v) is 12.5. The molecule has 45 heavy (non-hydrogen) atoms. The summed E-state index contributed by atoms with van der Waals surface area (Å²) in [6, 6.07) is 30.4. The number of nitrogens with zero attached hydrogens (tertiary/aromatic N) is 2. The maximum atomic E-state index is 10.8. The Morgan fingerprint density at radius 2 is 1.58 bits per heavy atom. The fourth-order valence-electron chi connectivity index (χ4n) is 6.05. The maximum absolute atomic E-state index is 10.8. The molecule has 0 unspecified atom stereocenters. The molecule has 6 rings (SSSR count). The van der Waals surface area contributed by atoms with E-state index in [0.29, 0.717) is 16.5 Å². The molecule has 7 heteroatoms. The fourth-order valence-corrected chi connectivity index (χ4v) is 6.56. The number of anilines is 1. The van der Waals surface area contributed by atoms with E-state index in [1.165, 1.54) is 32.1 Å². The Balaban J connectivity index is 1.17. The van der Waals surface area contributed by atoms with Gasteiger partial charge in [0, 0.05) is 34.6 Å². The van der Waals surface area contributed by atoms with E-state index in [1.807, 2.05) is 42.6 Å². The lowest BCUT2D eigenvalue weighted by molar-refractivity contribution is -0.106. The quantitative estimate of drug-likeness (QED) is 0.138. The minimum atomic E-state index is 0.267. The Morgan fingerprint density at radius 3 is 2.27 bits per heavy atom. The molecule has 0 spiro atoms. The average molecular weight is 639 g/mol. The van der Waals surface area contributed by atoms with Gasteiger partial charge < -0.3 is 19.4 Å². The van der Waals surface area contributed by atoms with E-state index in [4.69, 9.17) is 32.9 Å². The van der Waals surface area contributed by atoms with Gasteiger partial charge in [-0.05, 0) is 83.6 Å². The summed E-state index contributed by atoms with van der Waals surface area (Å²) in [6.45, 7) is 1.06. The molecule has 5 aromatic rings. The highest BCUT2D eigenvalue weighted by Gasteiger charge is 2.16. The number of imidazole rings is 1. The third kappa shape index (κ3) is 7.97. The highest BCUT2D eigenvalue weighted by atomic mass is 35.5. The Bertz CT molecular complexity index is 1710. The number of carbonyl (C=O) groups is 1. The number of halogens is 2. The van der Waals surface area contributed by atoms with Gasteiger partial charge in [0.25, 0.3) is 0 Å². The van der Waals surface area contributed by atoms with Gasteiger partial charge in [-0.2, -0.15) is 0 Å². The molecule has 0 aliphatic heterocycles. The van der Waals surface area contributed by atoms with E-state index in [1.54, 1.807) is 6.07 Å². The van der Waals surface area contributed by atoms with Crippen molar-refractivity contribution in [2.75, 3.05) is 18.5 Å². The second kappa shape index (κ2) is 14.8. The van der Waals surface area contributed by atoms with Crippen molar-refractivity contribution in [3.8, 4) is 33.8 Å². The number of nitrogens with one attached hydrogen (secondary N) is 1. The van der Waals surface area contributed by atoms with E-state index in [2.05, 4.69) is 58.4 Å². The molecule has 0 atom stereocenters. The van der Waals surface area contributed by atoms with Crippen molar-refractivity contribution in [1.82, 2.24) is 9.55 Å². The van der Waals surface area contributed by atoms with Crippen LogP contribution in [0.4, 0.5) is 5.69 Å². The van der Waals surface area contributed by atoms with Crippen LogP contribution in [0.1, 0.15) is 49.9 Å². The van der Waals surface area contributed by atoms with E-state index < -0.39 is 0 Å². The van der Waals surface area contributed by atoms with Crippen molar-refractivity contribution in [3.05, 3.63) is 119 Å². The number of rotatable bonds is 12. The minimum Gasteiger partial charge on any atom is -0.494 e. The molecule has 1 fully saturated rings. The third-order valence-electron chi connectivity index (χ3n) is 8.54. The minimum absolute atomic E-state index is 0.267. The van der Waals surface area contributed by atoms with E-state index >= 15 is 0 Å². The number of hydrogen-bond donors (Lipinski definition) is 1. The van der Waals surface area contributed by atoms with Gasteiger partial charge in [0.05, 0.1) is 23.9 Å². The van der Waals surface area contributed by atoms with Crippen LogP contribution in [-0.2, 0) is 11.2 Å². The normalized spacial score (nSPS) is 13.5. The lowest BCUT2D eigenvalue weighted by Gasteiger charge is -2.21. The van der Waals surface area contributed by atoms with Gasteiger partial charge in [-0.1, -0.05) is 91.7 Å². The molecule has 1 aliphatic rings. The van der Waals surface area contributed by atoms with Crippen LogP contribution in [0.5, 0.6) is 5.75 Å². The first-order chi connectivity index (χ1) is 22.1. The summed E-state index contributed by atoms with van der Waals surface area (Å²) in [4.78, 5) is 15.8. The van der Waals surface area contributed by atoms with E-state index in [0.717, 1.165) is 76.1 Å². The van der Waals surface area contributed by atoms with E-state index in [9.17, 15) is 4.79 Å². The van der Waals surface area contributed by atoms with E-state index in [-0.39, 0.29) is 6.54 Å². The van der Waals surface area contributed by atoms with Crippen LogP contribution in [-0.4, -0.2) is 29.0 Å². The van der Waals surface area contributed by atoms with Crippen LogP contribution >= 0.6 is 23.2 Å². The maximum Gasteiger partial charge on any atom is 0.139 e. The summed E-state index contributed by atoms with van der Waals surface area (Å²) in [5.74, 6) is 2.64. The molecule has 5 nitrogen and oxygen atoms in total. The Labute approximate surface area is 275 Å². The number of benzene rings is 4. The summed E-state index contributed by atoms with van der Waals surface area (Å²) in [5, 5.41) is 4.22. The topological polar surface area (TPSA) is 56.2 Å². The third-order valence-corrected chi connectivity index (χ3v) is 9.09. The molecule has 1 aromatic heterocycles. The number of ether oxygens (including phenoxy) is 1. The van der Waals surface area contributed by atoms with Gasteiger partial charge in [0.15, 0.2) is 0 Å². The van der Waals surface area contributed by atoms with Crippen LogP contribution in [0, 0.1) is 5.92 Å². The summed E-state index contributed by atoms with van der Waals surface area (Å²) in [6.07, 6.45) is 11.5. The molecule has 1 saturated carbocycles. The number of carbonyl (C=O) groups excluding carboxylic acids is 1. The summed E-state index contributed by atoms with van der Waals surface area (Å²) >= 11 is 12.7. The van der Waals surface area contributed by atoms with Crippen molar-refractivity contribution < 1.29 is 9.53 Å². The van der Waals surface area contributed by atoms with Gasteiger partial charge in [-0.25, -0.2) is 4.98 Å². The van der Waals surface area contributed by atoms with Gasteiger partial charge >= 0.3 is 0 Å². The van der Waals surface area contributed by atoms with Crippen LogP contribution in [0.15, 0.2) is 97.2 Å². The van der Waals surface area contributed by atoms with Crippen LogP contribution < -0.4 is 10.1 Å². The Morgan fingerprint density at radius 1 is 0.867 bits per heavy atom. The first kappa shape index (κ1) is 30.9. The van der Waals surface area contributed by atoms with Crippen molar-refractivity contribution in [1.29, 1.82) is 0 Å². The number of hydrogen-bond acceptors (Lipinski definition) is 4. The van der Waals surface area contributed by atoms with Gasteiger partial charge in [-0.15, -0.1) is 0 Å². The first-order valence-electron chi connectivity index (χ1n) is 15.7. The highest BCUT2D eigenvalue weighted by Crippen LogP contribution is 2.32. The van der Waals surface area contributed by atoms with Crippen molar-refractivity contribution in [2.45, 2.75) is 44.9 Å².